The molecule has 0 aliphatic carbocycles. The van der Waals surface area contributed by atoms with Crippen molar-refractivity contribution in [1.82, 2.24) is 9.97 Å². The minimum Gasteiger partial charge on any atom is -0.507 e. The zero-order valence-electron chi connectivity index (χ0n) is 9.01. The number of H-pyrrole nitrogens is 1. The van der Waals surface area contributed by atoms with Crippen LogP contribution < -0.4 is 5.73 Å². The molecular formula is C13H11N3O. The maximum absolute atomic E-state index is 9.72. The van der Waals surface area contributed by atoms with Gasteiger partial charge in [-0.1, -0.05) is 6.07 Å². The summed E-state index contributed by atoms with van der Waals surface area (Å²) < 4.78 is 0. The zero-order chi connectivity index (χ0) is 11.8. The number of aromatic amines is 1. The Balaban J connectivity index is 2.18. The second-order valence-electron chi connectivity index (χ2n) is 3.90. The van der Waals surface area contributed by atoms with E-state index in [9.17, 15) is 5.11 Å². The Morgan fingerprint density at radius 3 is 2.76 bits per heavy atom. The van der Waals surface area contributed by atoms with Crippen molar-refractivity contribution in [3.63, 3.8) is 0 Å². The van der Waals surface area contributed by atoms with E-state index in [-0.39, 0.29) is 5.75 Å². The molecule has 0 bridgehead atoms. The van der Waals surface area contributed by atoms with Crippen molar-refractivity contribution in [3.8, 4) is 17.1 Å². The molecule has 0 saturated heterocycles. The van der Waals surface area contributed by atoms with Crippen molar-refractivity contribution in [2.24, 2.45) is 0 Å². The second kappa shape index (κ2) is 3.52. The number of aromatic nitrogens is 2. The van der Waals surface area contributed by atoms with Gasteiger partial charge in [0.05, 0.1) is 23.3 Å². The molecule has 0 aliphatic heterocycles. The number of hydrogen-bond donors (Lipinski definition) is 3. The lowest BCUT2D eigenvalue weighted by atomic mass is 10.2. The summed E-state index contributed by atoms with van der Waals surface area (Å²) in [5.41, 5.74) is 8.77. The van der Waals surface area contributed by atoms with Crippen LogP contribution in [0.1, 0.15) is 0 Å². The minimum absolute atomic E-state index is 0.264. The molecule has 4 nitrogen and oxygen atoms in total. The minimum atomic E-state index is 0.264. The summed E-state index contributed by atoms with van der Waals surface area (Å²) >= 11 is 0. The molecule has 0 amide bonds. The van der Waals surface area contributed by atoms with Gasteiger partial charge in [-0.05, 0) is 30.3 Å². The fourth-order valence-electron chi connectivity index (χ4n) is 1.84. The fourth-order valence-corrected chi connectivity index (χ4v) is 1.84. The molecule has 0 spiro atoms. The van der Waals surface area contributed by atoms with E-state index in [4.69, 9.17) is 5.73 Å². The monoisotopic (exact) mass is 225 g/mol. The lowest BCUT2D eigenvalue weighted by Gasteiger charge is -1.96. The van der Waals surface area contributed by atoms with Crippen molar-refractivity contribution in [2.75, 3.05) is 5.73 Å². The number of nitrogen functional groups attached to an aromatic ring is 1. The Labute approximate surface area is 97.7 Å². The first-order chi connectivity index (χ1) is 8.24. The van der Waals surface area contributed by atoms with Crippen molar-refractivity contribution in [1.29, 1.82) is 0 Å². The van der Waals surface area contributed by atoms with Crippen LogP contribution in [0.4, 0.5) is 5.69 Å². The number of benzene rings is 1. The highest BCUT2D eigenvalue weighted by Crippen LogP contribution is 2.28. The largest absolute Gasteiger partial charge is 0.507 e. The number of hydrogen-bond acceptors (Lipinski definition) is 3. The van der Waals surface area contributed by atoms with Gasteiger partial charge in [-0.3, -0.25) is 4.98 Å². The Kier molecular flexibility index (Phi) is 2.01. The van der Waals surface area contributed by atoms with Crippen LogP contribution in [0.25, 0.3) is 22.3 Å². The van der Waals surface area contributed by atoms with Gasteiger partial charge >= 0.3 is 0 Å². The third kappa shape index (κ3) is 1.59. The third-order valence-electron chi connectivity index (χ3n) is 2.70. The number of fused-ring (bicyclic) bond motifs is 1. The molecule has 4 N–H and O–H groups in total. The number of nitrogens with one attached hydrogen (secondary N) is 1. The van der Waals surface area contributed by atoms with Crippen LogP contribution in [-0.4, -0.2) is 15.1 Å². The van der Waals surface area contributed by atoms with Crippen molar-refractivity contribution in [2.45, 2.75) is 0 Å². The van der Waals surface area contributed by atoms with Crippen LogP contribution in [0, 0.1) is 0 Å². The number of pyridine rings is 1. The Morgan fingerprint density at radius 2 is 2.06 bits per heavy atom. The van der Waals surface area contributed by atoms with E-state index in [0.717, 1.165) is 22.3 Å². The highest BCUT2D eigenvalue weighted by molar-refractivity contribution is 5.90. The molecule has 1 aromatic carbocycles. The predicted molar refractivity (Wildman–Crippen MR) is 67.6 cm³/mol. The quantitative estimate of drug-likeness (QED) is 0.595. The molecule has 2 heterocycles. The number of nitrogens with zero attached hydrogens (tertiary/aromatic N) is 1. The molecule has 4 heteroatoms. The van der Waals surface area contributed by atoms with E-state index >= 15 is 0 Å². The molecule has 84 valence electrons. The highest BCUT2D eigenvalue weighted by atomic mass is 16.3. The summed E-state index contributed by atoms with van der Waals surface area (Å²) in [6.45, 7) is 0. The van der Waals surface area contributed by atoms with E-state index in [1.165, 1.54) is 0 Å². The summed E-state index contributed by atoms with van der Waals surface area (Å²) in [7, 11) is 0. The topological polar surface area (TPSA) is 74.9 Å². The van der Waals surface area contributed by atoms with E-state index in [1.54, 1.807) is 24.4 Å². The maximum atomic E-state index is 9.72. The van der Waals surface area contributed by atoms with Crippen LogP contribution in [0.3, 0.4) is 0 Å². The Hall–Kier alpha value is -2.49. The fraction of sp³-hybridized carbons (Fsp3) is 0. The lowest BCUT2D eigenvalue weighted by Crippen LogP contribution is -1.87. The molecule has 2 aromatic heterocycles. The summed E-state index contributed by atoms with van der Waals surface area (Å²) in [5, 5.41) is 10.5. The number of rotatable bonds is 1. The second-order valence-corrected chi connectivity index (χ2v) is 3.90. The van der Waals surface area contributed by atoms with Crippen molar-refractivity contribution in [3.05, 3.63) is 42.6 Å². The molecule has 0 saturated carbocycles. The van der Waals surface area contributed by atoms with E-state index in [1.807, 2.05) is 18.2 Å². The molecule has 0 unspecified atom stereocenters. The zero-order valence-corrected chi connectivity index (χ0v) is 9.01. The number of anilines is 1. The SMILES string of the molecule is Nc1ccc(-c2cc3c(O)cccc3[nH]2)nc1. The number of phenolic OH excluding ortho intramolecular Hbond substituents is 1. The average molecular weight is 225 g/mol. The molecule has 0 atom stereocenters. The van der Waals surface area contributed by atoms with E-state index in [2.05, 4.69) is 9.97 Å². The van der Waals surface area contributed by atoms with Crippen molar-refractivity contribution >= 4 is 16.6 Å². The Bertz CT molecular complexity index is 671. The maximum Gasteiger partial charge on any atom is 0.124 e. The van der Waals surface area contributed by atoms with Crippen LogP contribution >= 0.6 is 0 Å². The normalized spacial score (nSPS) is 10.8. The molecule has 0 fully saturated rings. The molecule has 0 radical (unpaired) electrons. The first-order valence-electron chi connectivity index (χ1n) is 5.26. The van der Waals surface area contributed by atoms with Gasteiger partial charge in [-0.25, -0.2) is 0 Å². The van der Waals surface area contributed by atoms with Gasteiger partial charge in [0, 0.05) is 10.9 Å². The third-order valence-corrected chi connectivity index (χ3v) is 2.70. The van der Waals surface area contributed by atoms with E-state index < -0.39 is 0 Å². The summed E-state index contributed by atoms with van der Waals surface area (Å²) in [6, 6.07) is 10.9. The van der Waals surface area contributed by atoms with Gasteiger partial charge in [0.15, 0.2) is 0 Å². The van der Waals surface area contributed by atoms with Gasteiger partial charge in [-0.2, -0.15) is 0 Å². The standard InChI is InChI=1S/C13H11N3O/c14-8-4-5-11(15-7-8)12-6-9-10(16-12)2-1-3-13(9)17/h1-7,16-17H,14H2. The van der Waals surface area contributed by atoms with Gasteiger partial charge in [-0.15, -0.1) is 0 Å². The Morgan fingerprint density at radius 1 is 1.18 bits per heavy atom. The van der Waals surface area contributed by atoms with Crippen LogP contribution in [-0.2, 0) is 0 Å². The summed E-state index contributed by atoms with van der Waals surface area (Å²) in [5.74, 6) is 0.264. The number of aromatic hydroxyl groups is 1. The molecule has 3 aromatic rings. The van der Waals surface area contributed by atoms with Crippen molar-refractivity contribution < 1.29 is 5.11 Å². The van der Waals surface area contributed by atoms with E-state index in [0.29, 0.717) is 5.69 Å². The highest BCUT2D eigenvalue weighted by Gasteiger charge is 2.06. The van der Waals surface area contributed by atoms with Gasteiger partial charge < -0.3 is 15.8 Å². The number of phenols is 1. The van der Waals surface area contributed by atoms with Crippen LogP contribution in [0.15, 0.2) is 42.6 Å². The average Bonchev–Trinajstić information content (AvgIpc) is 2.75. The summed E-state index contributed by atoms with van der Waals surface area (Å²) in [4.78, 5) is 7.44. The first-order valence-corrected chi connectivity index (χ1v) is 5.26. The first kappa shape index (κ1) is 9.72. The van der Waals surface area contributed by atoms with Crippen LogP contribution in [0.5, 0.6) is 5.75 Å². The van der Waals surface area contributed by atoms with Gasteiger partial charge in [0.2, 0.25) is 0 Å². The van der Waals surface area contributed by atoms with Gasteiger partial charge in [0.1, 0.15) is 5.75 Å². The molecule has 0 aliphatic rings. The summed E-state index contributed by atoms with van der Waals surface area (Å²) in [6.07, 6.45) is 1.61. The smallest absolute Gasteiger partial charge is 0.124 e. The molecular weight excluding hydrogens is 214 g/mol. The molecule has 3 rings (SSSR count). The van der Waals surface area contributed by atoms with Crippen LogP contribution in [0.2, 0.25) is 0 Å². The lowest BCUT2D eigenvalue weighted by molar-refractivity contribution is 0.482. The molecule has 17 heavy (non-hydrogen) atoms. The number of nitrogens with two attached hydrogens (primary N) is 1. The predicted octanol–water partition coefficient (Wildman–Crippen LogP) is 2.52. The van der Waals surface area contributed by atoms with Gasteiger partial charge in [0.25, 0.3) is 0 Å².